The van der Waals surface area contributed by atoms with Crippen molar-refractivity contribution in [3.8, 4) is 0 Å². The number of primary amides is 1. The van der Waals surface area contributed by atoms with E-state index in [4.69, 9.17) is 0 Å². The minimum Gasteiger partial charge on any atom is -0.454 e. The summed E-state index contributed by atoms with van der Waals surface area (Å²) in [5.74, 6) is -0.344. The highest BCUT2D eigenvalue weighted by Gasteiger charge is 2.22. The zero-order valence-electron chi connectivity index (χ0n) is 8.05. The Morgan fingerprint density at radius 3 is 2.65 bits per heavy atom. The molecule has 2 amide bonds. The molecule has 90 valence electrons. The number of hydrazine groups is 1. The van der Waals surface area contributed by atoms with Crippen LogP contribution < -0.4 is 5.73 Å². The number of nitrogens with two attached hydrogens (primary N) is 1. The molecule has 1 heterocycles. The topological polar surface area (TPSA) is 158 Å². The summed E-state index contributed by atoms with van der Waals surface area (Å²) in [6.45, 7) is 0. The Morgan fingerprint density at radius 2 is 2.18 bits per heavy atom. The lowest BCUT2D eigenvalue weighted by Crippen LogP contribution is -2.36. The van der Waals surface area contributed by atoms with Gasteiger partial charge in [0.05, 0.1) is 32.5 Å². The molecule has 2 N–H and O–H groups in total. The maximum Gasteiger partial charge on any atom is 0.400 e. The molecule has 0 aliphatic carbocycles. The molecule has 0 saturated carbocycles. The van der Waals surface area contributed by atoms with E-state index in [1.165, 1.54) is 0 Å². The highest BCUT2D eigenvalue weighted by molar-refractivity contribution is 5.82. The minimum atomic E-state index is -1.44. The van der Waals surface area contributed by atoms with Crippen molar-refractivity contribution in [3.05, 3.63) is 38.3 Å². The van der Waals surface area contributed by atoms with E-state index in [9.17, 15) is 25.0 Å². The molecule has 0 aliphatic rings. The molecule has 0 atom stereocenters. The molecule has 0 unspecified atom stereocenters. The van der Waals surface area contributed by atoms with Crippen LogP contribution in [0.3, 0.4) is 0 Å². The average Bonchev–Trinajstić information content (AvgIpc) is 2.64. The van der Waals surface area contributed by atoms with Crippen LogP contribution >= 0.6 is 0 Å². The molecule has 1 aromatic heterocycles. The SMILES string of the molecule is NC(=O)N(N=Cc1occc1[N+](=O)[O-])[N+](=O)[O-]. The number of hydrogen-bond acceptors (Lipinski definition) is 7. The summed E-state index contributed by atoms with van der Waals surface area (Å²) in [5.41, 5.74) is 4.20. The third kappa shape index (κ3) is 2.74. The molecular weight excluding hydrogens is 238 g/mol. The van der Waals surface area contributed by atoms with E-state index in [-0.39, 0.29) is 10.9 Å². The van der Waals surface area contributed by atoms with Crippen molar-refractivity contribution in [2.75, 3.05) is 0 Å². The lowest BCUT2D eigenvalue weighted by atomic mass is 10.4. The number of furan rings is 1. The third-order valence-corrected chi connectivity index (χ3v) is 1.51. The van der Waals surface area contributed by atoms with Crippen molar-refractivity contribution in [2.24, 2.45) is 10.8 Å². The van der Waals surface area contributed by atoms with Gasteiger partial charge >= 0.3 is 11.7 Å². The number of urea groups is 1. The summed E-state index contributed by atoms with van der Waals surface area (Å²) in [6, 6.07) is -0.414. The van der Waals surface area contributed by atoms with Gasteiger partial charge in [0.1, 0.15) is 0 Å². The van der Waals surface area contributed by atoms with E-state index in [0.29, 0.717) is 6.21 Å². The number of nitrogens with zero attached hydrogens (tertiary/aromatic N) is 4. The molecule has 0 fully saturated rings. The van der Waals surface area contributed by atoms with Crippen molar-refractivity contribution in [1.82, 2.24) is 5.12 Å². The minimum absolute atomic E-state index is 0.285. The third-order valence-electron chi connectivity index (χ3n) is 1.51. The van der Waals surface area contributed by atoms with Gasteiger partial charge in [-0.15, -0.1) is 0 Å². The largest absolute Gasteiger partial charge is 0.454 e. The molecule has 1 rings (SSSR count). The molecule has 1 aromatic rings. The van der Waals surface area contributed by atoms with Gasteiger partial charge in [-0.3, -0.25) is 10.1 Å². The first-order chi connectivity index (χ1) is 7.93. The summed E-state index contributed by atoms with van der Waals surface area (Å²) in [6.07, 6.45) is 1.64. The Balaban J connectivity index is 2.96. The van der Waals surface area contributed by atoms with E-state index >= 15 is 0 Å². The molecule has 0 bridgehead atoms. The predicted molar refractivity (Wildman–Crippen MR) is 51.4 cm³/mol. The van der Waals surface area contributed by atoms with Crippen LogP contribution in [0, 0.1) is 20.2 Å². The molecular formula is C6H5N5O6. The first-order valence-corrected chi connectivity index (χ1v) is 3.93. The van der Waals surface area contributed by atoms with Crippen molar-refractivity contribution in [3.63, 3.8) is 0 Å². The second-order valence-electron chi connectivity index (χ2n) is 2.54. The predicted octanol–water partition coefficient (Wildman–Crippen LogP) is 0.0941. The molecule has 0 aromatic carbocycles. The number of hydrogen-bond donors (Lipinski definition) is 1. The fraction of sp³-hybridized carbons (Fsp3) is 0. The van der Waals surface area contributed by atoms with Gasteiger partial charge in [0.2, 0.25) is 12.0 Å². The Bertz CT molecular complexity index is 479. The maximum atomic E-state index is 10.5. The van der Waals surface area contributed by atoms with Crippen LogP contribution in [0.15, 0.2) is 21.8 Å². The van der Waals surface area contributed by atoms with E-state index < -0.39 is 21.7 Å². The lowest BCUT2D eigenvalue weighted by Gasteiger charge is -2.01. The Morgan fingerprint density at radius 1 is 1.53 bits per heavy atom. The van der Waals surface area contributed by atoms with Crippen LogP contribution in [0.5, 0.6) is 0 Å². The van der Waals surface area contributed by atoms with Gasteiger partial charge in [-0.2, -0.15) is 0 Å². The normalized spacial score (nSPS) is 10.4. The Kier molecular flexibility index (Phi) is 3.34. The Hall–Kier alpha value is -2.98. The number of hydrazone groups is 1. The molecule has 11 heteroatoms. The van der Waals surface area contributed by atoms with Gasteiger partial charge in [-0.1, -0.05) is 0 Å². The molecule has 17 heavy (non-hydrogen) atoms. The average molecular weight is 243 g/mol. The molecule has 11 nitrogen and oxygen atoms in total. The second-order valence-corrected chi connectivity index (χ2v) is 2.54. The van der Waals surface area contributed by atoms with Gasteiger partial charge in [-0.05, 0) is 0 Å². The summed E-state index contributed by atoms with van der Waals surface area (Å²) in [4.78, 5) is 30.5. The van der Waals surface area contributed by atoms with Gasteiger partial charge in [0.25, 0.3) is 0 Å². The number of rotatable bonds is 4. The number of carbonyl (C=O) groups is 1. The van der Waals surface area contributed by atoms with Crippen molar-refractivity contribution < 1.29 is 19.2 Å². The first kappa shape index (κ1) is 12.1. The van der Waals surface area contributed by atoms with Crippen LogP contribution in [-0.4, -0.2) is 27.3 Å². The smallest absolute Gasteiger partial charge is 0.400 e. The van der Waals surface area contributed by atoms with E-state index in [1.807, 2.05) is 0 Å². The summed E-state index contributed by atoms with van der Waals surface area (Å²) in [5, 5.41) is 22.3. The van der Waals surface area contributed by atoms with Gasteiger partial charge in [-0.25, -0.2) is 4.79 Å². The van der Waals surface area contributed by atoms with E-state index in [2.05, 4.69) is 15.3 Å². The van der Waals surface area contributed by atoms with Gasteiger partial charge in [0.15, 0.2) is 0 Å². The lowest BCUT2D eigenvalue weighted by molar-refractivity contribution is -0.633. The van der Waals surface area contributed by atoms with Crippen molar-refractivity contribution >= 4 is 17.9 Å². The summed E-state index contributed by atoms with van der Waals surface area (Å²) < 4.78 is 4.64. The van der Waals surface area contributed by atoms with Crippen molar-refractivity contribution in [1.29, 1.82) is 0 Å². The zero-order valence-corrected chi connectivity index (χ0v) is 8.05. The van der Waals surface area contributed by atoms with E-state index in [0.717, 1.165) is 12.3 Å². The summed E-state index contributed by atoms with van der Waals surface area (Å²) >= 11 is 0. The molecule has 0 radical (unpaired) electrons. The van der Waals surface area contributed by atoms with E-state index in [1.54, 1.807) is 0 Å². The van der Waals surface area contributed by atoms with Crippen molar-refractivity contribution in [2.45, 2.75) is 0 Å². The fourth-order valence-corrected chi connectivity index (χ4v) is 0.848. The highest BCUT2D eigenvalue weighted by Crippen LogP contribution is 2.17. The maximum absolute atomic E-state index is 10.5. The number of amides is 2. The molecule has 0 saturated heterocycles. The number of carbonyl (C=O) groups excluding carboxylic acids is 1. The quantitative estimate of drug-likeness (QED) is 0.448. The molecule has 0 aliphatic heterocycles. The monoisotopic (exact) mass is 243 g/mol. The van der Waals surface area contributed by atoms with Gasteiger partial charge < -0.3 is 20.3 Å². The first-order valence-electron chi connectivity index (χ1n) is 3.93. The standard InChI is InChI=1S/C6H5N5O6/c7-6(12)9(11(15)16)8-3-5-4(10(13)14)1-2-17-5/h1-3H,(H2,7,12). The highest BCUT2D eigenvalue weighted by atomic mass is 16.7. The summed E-state index contributed by atoms with van der Waals surface area (Å²) in [7, 11) is 0. The molecule has 0 spiro atoms. The van der Waals surface area contributed by atoms with Crippen LogP contribution in [0.2, 0.25) is 0 Å². The number of nitro groups is 2. The zero-order chi connectivity index (χ0) is 13.0. The van der Waals surface area contributed by atoms with Crippen LogP contribution in [0.1, 0.15) is 5.76 Å². The fourth-order valence-electron chi connectivity index (χ4n) is 0.848. The Labute approximate surface area is 92.4 Å². The van der Waals surface area contributed by atoms with Crippen LogP contribution in [0.4, 0.5) is 10.5 Å². The van der Waals surface area contributed by atoms with Crippen LogP contribution in [0.25, 0.3) is 0 Å². The van der Waals surface area contributed by atoms with Gasteiger partial charge in [0, 0.05) is 0 Å². The second kappa shape index (κ2) is 4.69. The van der Waals surface area contributed by atoms with Crippen LogP contribution in [-0.2, 0) is 0 Å².